The molecule has 0 aromatic carbocycles. The summed E-state index contributed by atoms with van der Waals surface area (Å²) in [5, 5.41) is 9.07. The van der Waals surface area contributed by atoms with E-state index in [4.69, 9.17) is 16.6 Å². The molecule has 0 aromatic heterocycles. The van der Waals surface area contributed by atoms with Crippen molar-refractivity contribution in [1.29, 1.82) is 0 Å². The van der Waals surface area contributed by atoms with Gasteiger partial charge in [0.1, 0.15) is 0 Å². The molecule has 0 radical (unpaired) electrons. The predicted molar refractivity (Wildman–Crippen MR) is 64.6 cm³/mol. The van der Waals surface area contributed by atoms with Crippen molar-refractivity contribution in [3.63, 3.8) is 0 Å². The van der Waals surface area contributed by atoms with E-state index in [0.29, 0.717) is 6.42 Å². The first-order valence-electron chi connectivity index (χ1n) is 5.21. The molecule has 0 bridgehead atoms. The van der Waals surface area contributed by atoms with Crippen LogP contribution in [0.3, 0.4) is 0 Å². The standard InChI is InChI=1S/C10H22N2O2S/c1-8(7-13)15-6-4-3-5-10(2,12)9(11)14/h8,13H,3-7,12H2,1-2H3,(H2,11,14). The summed E-state index contributed by atoms with van der Waals surface area (Å²) >= 11 is 1.73. The minimum atomic E-state index is -0.882. The molecule has 2 atom stereocenters. The second-order valence-corrected chi connectivity index (χ2v) is 5.65. The van der Waals surface area contributed by atoms with Crippen molar-refractivity contribution in [2.45, 2.75) is 43.9 Å². The zero-order valence-electron chi connectivity index (χ0n) is 9.53. The second-order valence-electron chi connectivity index (χ2n) is 4.10. The van der Waals surface area contributed by atoms with Gasteiger partial charge in [0.2, 0.25) is 5.91 Å². The molecule has 0 aliphatic heterocycles. The van der Waals surface area contributed by atoms with Gasteiger partial charge in [-0.15, -0.1) is 0 Å². The van der Waals surface area contributed by atoms with Gasteiger partial charge in [-0.05, 0) is 25.5 Å². The number of hydrogen-bond donors (Lipinski definition) is 3. The van der Waals surface area contributed by atoms with Crippen LogP contribution in [0.25, 0.3) is 0 Å². The summed E-state index contributed by atoms with van der Waals surface area (Å²) in [4.78, 5) is 10.9. The number of aliphatic hydroxyl groups is 1. The van der Waals surface area contributed by atoms with Gasteiger partial charge in [0.25, 0.3) is 0 Å². The van der Waals surface area contributed by atoms with Gasteiger partial charge in [-0.2, -0.15) is 11.8 Å². The van der Waals surface area contributed by atoms with Crippen molar-refractivity contribution in [2.24, 2.45) is 11.5 Å². The van der Waals surface area contributed by atoms with E-state index in [-0.39, 0.29) is 11.9 Å². The Morgan fingerprint density at radius 2 is 2.13 bits per heavy atom. The molecule has 5 heteroatoms. The quantitative estimate of drug-likeness (QED) is 0.533. The zero-order valence-corrected chi connectivity index (χ0v) is 10.3. The molecule has 0 heterocycles. The largest absolute Gasteiger partial charge is 0.395 e. The Morgan fingerprint density at radius 3 is 2.60 bits per heavy atom. The molecule has 90 valence electrons. The van der Waals surface area contributed by atoms with E-state index in [2.05, 4.69) is 0 Å². The molecule has 0 saturated heterocycles. The number of carbonyl (C=O) groups is 1. The average molecular weight is 234 g/mol. The molecule has 0 fully saturated rings. The highest BCUT2D eigenvalue weighted by Gasteiger charge is 2.24. The van der Waals surface area contributed by atoms with E-state index < -0.39 is 11.4 Å². The lowest BCUT2D eigenvalue weighted by Crippen LogP contribution is -2.49. The molecule has 0 aliphatic carbocycles. The maximum atomic E-state index is 10.9. The highest BCUT2D eigenvalue weighted by Crippen LogP contribution is 2.15. The van der Waals surface area contributed by atoms with Crippen molar-refractivity contribution in [3.05, 3.63) is 0 Å². The lowest BCUT2D eigenvalue weighted by Gasteiger charge is -2.20. The summed E-state index contributed by atoms with van der Waals surface area (Å²) in [6.07, 6.45) is 2.51. The summed E-state index contributed by atoms with van der Waals surface area (Å²) < 4.78 is 0. The normalized spacial score (nSPS) is 17.1. The topological polar surface area (TPSA) is 89.3 Å². The highest BCUT2D eigenvalue weighted by atomic mass is 32.2. The van der Waals surface area contributed by atoms with Gasteiger partial charge in [0.15, 0.2) is 0 Å². The van der Waals surface area contributed by atoms with Crippen LogP contribution in [0.5, 0.6) is 0 Å². The Labute approximate surface area is 95.8 Å². The second kappa shape index (κ2) is 7.09. The van der Waals surface area contributed by atoms with Gasteiger partial charge in [0.05, 0.1) is 12.1 Å². The van der Waals surface area contributed by atoms with Crippen molar-refractivity contribution in [3.8, 4) is 0 Å². The summed E-state index contributed by atoms with van der Waals surface area (Å²) in [7, 11) is 0. The molecule has 0 aliphatic rings. The Balaban J connectivity index is 3.51. The van der Waals surface area contributed by atoms with E-state index in [0.717, 1.165) is 18.6 Å². The zero-order chi connectivity index (χ0) is 11.9. The first-order chi connectivity index (χ1) is 6.90. The van der Waals surface area contributed by atoms with Gasteiger partial charge in [-0.25, -0.2) is 0 Å². The number of amides is 1. The van der Waals surface area contributed by atoms with Crippen LogP contribution in [0, 0.1) is 0 Å². The van der Waals surface area contributed by atoms with Crippen LogP contribution in [-0.4, -0.2) is 34.2 Å². The Bertz CT molecular complexity index is 198. The van der Waals surface area contributed by atoms with Crippen LogP contribution in [0.4, 0.5) is 0 Å². The summed E-state index contributed by atoms with van der Waals surface area (Å²) in [5.41, 5.74) is 9.98. The van der Waals surface area contributed by atoms with E-state index in [1.54, 1.807) is 18.7 Å². The van der Waals surface area contributed by atoms with Gasteiger partial charge < -0.3 is 16.6 Å². The maximum Gasteiger partial charge on any atom is 0.237 e. The Kier molecular flexibility index (Phi) is 6.96. The Morgan fingerprint density at radius 1 is 1.53 bits per heavy atom. The minimum Gasteiger partial charge on any atom is -0.395 e. The third-order valence-corrected chi connectivity index (χ3v) is 3.56. The lowest BCUT2D eigenvalue weighted by atomic mass is 9.96. The van der Waals surface area contributed by atoms with Crippen LogP contribution in [0.15, 0.2) is 0 Å². The monoisotopic (exact) mass is 234 g/mol. The van der Waals surface area contributed by atoms with Crippen LogP contribution in [-0.2, 0) is 4.79 Å². The van der Waals surface area contributed by atoms with E-state index in [9.17, 15) is 4.79 Å². The molecular formula is C10H22N2O2S. The van der Waals surface area contributed by atoms with Crippen molar-refractivity contribution < 1.29 is 9.90 Å². The number of unbranched alkanes of at least 4 members (excludes halogenated alkanes) is 1. The molecule has 0 rings (SSSR count). The molecule has 15 heavy (non-hydrogen) atoms. The van der Waals surface area contributed by atoms with Crippen LogP contribution in [0.1, 0.15) is 33.1 Å². The van der Waals surface area contributed by atoms with Gasteiger partial charge in [-0.1, -0.05) is 13.3 Å². The molecule has 1 amide bonds. The molecule has 0 aromatic rings. The van der Waals surface area contributed by atoms with E-state index in [1.807, 2.05) is 6.92 Å². The van der Waals surface area contributed by atoms with Crippen LogP contribution >= 0.6 is 11.8 Å². The molecular weight excluding hydrogens is 212 g/mol. The number of primary amides is 1. The smallest absolute Gasteiger partial charge is 0.237 e. The average Bonchev–Trinajstić information content (AvgIpc) is 2.16. The van der Waals surface area contributed by atoms with Gasteiger partial charge in [0, 0.05) is 5.25 Å². The predicted octanol–water partition coefficient (Wildman–Crippen LogP) is 0.473. The van der Waals surface area contributed by atoms with Crippen LogP contribution < -0.4 is 11.5 Å². The fraction of sp³-hybridized carbons (Fsp3) is 0.900. The fourth-order valence-electron chi connectivity index (χ4n) is 1.05. The molecule has 2 unspecified atom stereocenters. The first-order valence-corrected chi connectivity index (χ1v) is 6.26. The molecule has 5 N–H and O–H groups in total. The van der Waals surface area contributed by atoms with Crippen LogP contribution in [0.2, 0.25) is 0 Å². The lowest BCUT2D eigenvalue weighted by molar-refractivity contribution is -0.122. The number of aliphatic hydroxyl groups excluding tert-OH is 1. The summed E-state index contributed by atoms with van der Waals surface area (Å²) in [6.45, 7) is 3.86. The number of thioether (sulfide) groups is 1. The molecule has 4 nitrogen and oxygen atoms in total. The van der Waals surface area contributed by atoms with Gasteiger partial charge in [-0.3, -0.25) is 4.79 Å². The SMILES string of the molecule is CC(CO)SCCCCC(C)(N)C(N)=O. The number of carbonyl (C=O) groups excluding carboxylic acids is 1. The van der Waals surface area contributed by atoms with Crippen molar-refractivity contribution in [2.75, 3.05) is 12.4 Å². The van der Waals surface area contributed by atoms with Crippen molar-refractivity contribution in [1.82, 2.24) is 0 Å². The minimum absolute atomic E-state index is 0.209. The third kappa shape index (κ3) is 6.76. The van der Waals surface area contributed by atoms with E-state index in [1.165, 1.54) is 0 Å². The summed E-state index contributed by atoms with van der Waals surface area (Å²) in [6, 6.07) is 0. The maximum absolute atomic E-state index is 10.9. The molecule has 0 spiro atoms. The van der Waals surface area contributed by atoms with E-state index >= 15 is 0 Å². The summed E-state index contributed by atoms with van der Waals surface area (Å²) in [5.74, 6) is 0.537. The van der Waals surface area contributed by atoms with Crippen molar-refractivity contribution >= 4 is 17.7 Å². The Hall–Kier alpha value is -0.260. The number of nitrogens with two attached hydrogens (primary N) is 2. The number of hydrogen-bond acceptors (Lipinski definition) is 4. The first kappa shape index (κ1) is 14.7. The van der Waals surface area contributed by atoms with Gasteiger partial charge >= 0.3 is 0 Å². The number of rotatable bonds is 8. The fourth-order valence-corrected chi connectivity index (χ4v) is 1.93. The highest BCUT2D eigenvalue weighted by molar-refractivity contribution is 7.99. The third-order valence-electron chi connectivity index (χ3n) is 2.31. The molecule has 0 saturated carbocycles.